The lowest BCUT2D eigenvalue weighted by Crippen LogP contribution is -2.64. The average molecular weight is 288 g/mol. The van der Waals surface area contributed by atoms with E-state index in [0.717, 1.165) is 13.1 Å². The third-order valence-corrected chi connectivity index (χ3v) is 5.08. The van der Waals surface area contributed by atoms with E-state index in [4.69, 9.17) is 0 Å². The van der Waals surface area contributed by atoms with Crippen LogP contribution >= 0.6 is 0 Å². The monoisotopic (exact) mass is 288 g/mol. The second kappa shape index (κ2) is 6.93. The van der Waals surface area contributed by atoms with Crippen LogP contribution in [0.1, 0.15) is 53.0 Å². The van der Waals surface area contributed by atoms with E-state index in [1.807, 2.05) is 0 Å². The van der Waals surface area contributed by atoms with E-state index in [2.05, 4.69) is 75.2 Å². The predicted molar refractivity (Wildman–Crippen MR) is 91.5 cm³/mol. The van der Waals surface area contributed by atoms with Crippen molar-refractivity contribution in [2.45, 2.75) is 65.1 Å². The van der Waals surface area contributed by atoms with Crippen LogP contribution in [0.3, 0.4) is 0 Å². The zero-order valence-electron chi connectivity index (χ0n) is 14.4. The molecule has 3 atom stereocenters. The molecule has 0 spiro atoms. The fourth-order valence-electron chi connectivity index (χ4n) is 3.67. The molecule has 1 aliphatic rings. The van der Waals surface area contributed by atoms with E-state index in [0.29, 0.717) is 18.0 Å². The van der Waals surface area contributed by atoms with E-state index in [1.165, 1.54) is 18.4 Å². The van der Waals surface area contributed by atoms with E-state index in [9.17, 15) is 0 Å². The lowest BCUT2D eigenvalue weighted by Gasteiger charge is -2.50. The molecule has 2 nitrogen and oxygen atoms in total. The van der Waals surface area contributed by atoms with Gasteiger partial charge in [-0.1, -0.05) is 57.5 Å². The summed E-state index contributed by atoms with van der Waals surface area (Å²) in [6.07, 6.45) is 2.55. The maximum absolute atomic E-state index is 3.83. The van der Waals surface area contributed by atoms with Crippen LogP contribution < -0.4 is 5.32 Å². The molecule has 2 heteroatoms. The fraction of sp³-hybridized carbons (Fsp3) is 0.684. The molecule has 0 saturated carbocycles. The molecule has 1 aromatic carbocycles. The molecule has 0 aromatic heterocycles. The molecule has 1 fully saturated rings. The van der Waals surface area contributed by atoms with Crippen molar-refractivity contribution in [2.24, 2.45) is 5.92 Å². The molecule has 1 N–H and O–H groups in total. The normalized spacial score (nSPS) is 28.8. The van der Waals surface area contributed by atoms with E-state index in [-0.39, 0.29) is 5.54 Å². The summed E-state index contributed by atoms with van der Waals surface area (Å²) in [4.78, 5) is 2.75. The zero-order chi connectivity index (χ0) is 15.5. The number of benzene rings is 1. The van der Waals surface area contributed by atoms with Gasteiger partial charge in [0, 0.05) is 25.2 Å². The quantitative estimate of drug-likeness (QED) is 0.880. The van der Waals surface area contributed by atoms with Crippen molar-refractivity contribution in [1.29, 1.82) is 0 Å². The third-order valence-electron chi connectivity index (χ3n) is 5.08. The van der Waals surface area contributed by atoms with E-state index < -0.39 is 0 Å². The summed E-state index contributed by atoms with van der Waals surface area (Å²) in [5.41, 5.74) is 1.47. The Hall–Kier alpha value is -0.860. The largest absolute Gasteiger partial charge is 0.305 e. The number of nitrogens with zero attached hydrogens (tertiary/aromatic N) is 1. The van der Waals surface area contributed by atoms with Gasteiger partial charge in [-0.3, -0.25) is 4.90 Å². The molecule has 0 bridgehead atoms. The molecule has 3 unspecified atom stereocenters. The van der Waals surface area contributed by atoms with Crippen LogP contribution in [0, 0.1) is 5.92 Å². The minimum atomic E-state index is 0.0641. The highest BCUT2D eigenvalue weighted by Crippen LogP contribution is 2.30. The second-order valence-electron chi connectivity index (χ2n) is 7.20. The van der Waals surface area contributed by atoms with Crippen molar-refractivity contribution < 1.29 is 0 Å². The van der Waals surface area contributed by atoms with Gasteiger partial charge in [-0.05, 0) is 31.7 Å². The Morgan fingerprint density at radius 2 is 1.90 bits per heavy atom. The highest BCUT2D eigenvalue weighted by Gasteiger charge is 2.39. The van der Waals surface area contributed by atoms with Crippen molar-refractivity contribution in [3.63, 3.8) is 0 Å². The molecule has 118 valence electrons. The summed E-state index contributed by atoms with van der Waals surface area (Å²) in [6.45, 7) is 13.9. The van der Waals surface area contributed by atoms with Crippen molar-refractivity contribution in [1.82, 2.24) is 10.2 Å². The highest BCUT2D eigenvalue weighted by atomic mass is 15.3. The van der Waals surface area contributed by atoms with Gasteiger partial charge in [-0.15, -0.1) is 0 Å². The maximum atomic E-state index is 3.83. The first-order valence-corrected chi connectivity index (χ1v) is 8.54. The molecule has 0 radical (unpaired) electrons. The Morgan fingerprint density at radius 3 is 2.48 bits per heavy atom. The van der Waals surface area contributed by atoms with Crippen LogP contribution in [0.4, 0.5) is 0 Å². The lowest BCUT2D eigenvalue weighted by molar-refractivity contribution is 0.0272. The Balaban J connectivity index is 2.22. The van der Waals surface area contributed by atoms with Crippen LogP contribution in [0.2, 0.25) is 0 Å². The van der Waals surface area contributed by atoms with Crippen molar-refractivity contribution in [2.75, 3.05) is 13.1 Å². The first-order valence-electron chi connectivity index (χ1n) is 8.54. The van der Waals surface area contributed by atoms with E-state index >= 15 is 0 Å². The molecular weight excluding hydrogens is 256 g/mol. The maximum Gasteiger partial charge on any atom is 0.0535 e. The molecule has 2 rings (SSSR count). The SMILES string of the molecule is CCCC(C)N1CC(C)(c2ccccc2)NCC1C(C)C. The van der Waals surface area contributed by atoms with Gasteiger partial charge in [-0.2, -0.15) is 0 Å². The molecule has 1 aromatic rings. The van der Waals surface area contributed by atoms with Gasteiger partial charge in [0.25, 0.3) is 0 Å². The minimum absolute atomic E-state index is 0.0641. The first-order chi connectivity index (χ1) is 9.98. The Labute approximate surface area is 130 Å². The van der Waals surface area contributed by atoms with Crippen LogP contribution in [0.15, 0.2) is 30.3 Å². The summed E-state index contributed by atoms with van der Waals surface area (Å²) in [7, 11) is 0. The second-order valence-corrected chi connectivity index (χ2v) is 7.20. The topological polar surface area (TPSA) is 15.3 Å². The van der Waals surface area contributed by atoms with Crippen LogP contribution in [0.5, 0.6) is 0 Å². The van der Waals surface area contributed by atoms with Crippen molar-refractivity contribution >= 4 is 0 Å². The van der Waals surface area contributed by atoms with Crippen LogP contribution in [0.25, 0.3) is 0 Å². The van der Waals surface area contributed by atoms with Gasteiger partial charge in [0.2, 0.25) is 0 Å². The molecule has 1 aliphatic heterocycles. The summed E-state index contributed by atoms with van der Waals surface area (Å²) in [5.74, 6) is 0.692. The Bertz CT molecular complexity index is 428. The Kier molecular flexibility index (Phi) is 5.45. The third kappa shape index (κ3) is 3.67. The zero-order valence-corrected chi connectivity index (χ0v) is 14.4. The van der Waals surface area contributed by atoms with Gasteiger partial charge in [-0.25, -0.2) is 0 Å². The Morgan fingerprint density at radius 1 is 1.24 bits per heavy atom. The smallest absolute Gasteiger partial charge is 0.0535 e. The molecular formula is C19H32N2. The fourth-order valence-corrected chi connectivity index (χ4v) is 3.67. The van der Waals surface area contributed by atoms with Crippen molar-refractivity contribution in [3.8, 4) is 0 Å². The van der Waals surface area contributed by atoms with Gasteiger partial charge >= 0.3 is 0 Å². The molecule has 1 saturated heterocycles. The average Bonchev–Trinajstić information content (AvgIpc) is 2.48. The van der Waals surface area contributed by atoms with Crippen LogP contribution in [-0.2, 0) is 5.54 Å². The van der Waals surface area contributed by atoms with E-state index in [1.54, 1.807) is 0 Å². The predicted octanol–water partition coefficient (Wildman–Crippen LogP) is 4.02. The van der Waals surface area contributed by atoms with Gasteiger partial charge in [0.1, 0.15) is 0 Å². The summed E-state index contributed by atoms with van der Waals surface area (Å²) in [5, 5.41) is 3.83. The number of piperazine rings is 1. The number of hydrogen-bond donors (Lipinski definition) is 1. The number of nitrogens with one attached hydrogen (secondary N) is 1. The molecule has 0 amide bonds. The molecule has 1 heterocycles. The van der Waals surface area contributed by atoms with Gasteiger partial charge in [0.15, 0.2) is 0 Å². The number of hydrogen-bond acceptors (Lipinski definition) is 2. The summed E-state index contributed by atoms with van der Waals surface area (Å²) in [6, 6.07) is 12.2. The standard InChI is InChI=1S/C19H32N2/c1-6-10-16(4)21-14-19(5,17-11-8-7-9-12-17)20-13-18(21)15(2)3/h7-9,11-12,15-16,18,20H,6,10,13-14H2,1-5H3. The first kappa shape index (κ1) is 16.5. The molecule has 0 aliphatic carbocycles. The van der Waals surface area contributed by atoms with Gasteiger partial charge in [0.05, 0.1) is 5.54 Å². The van der Waals surface area contributed by atoms with Crippen molar-refractivity contribution in [3.05, 3.63) is 35.9 Å². The van der Waals surface area contributed by atoms with Gasteiger partial charge < -0.3 is 5.32 Å². The highest BCUT2D eigenvalue weighted by molar-refractivity contribution is 5.25. The van der Waals surface area contributed by atoms with Crippen LogP contribution in [-0.4, -0.2) is 30.1 Å². The molecule has 21 heavy (non-hydrogen) atoms. The summed E-state index contributed by atoms with van der Waals surface area (Å²) < 4.78 is 0. The number of rotatable bonds is 5. The lowest BCUT2D eigenvalue weighted by atomic mass is 9.85. The minimum Gasteiger partial charge on any atom is -0.305 e. The summed E-state index contributed by atoms with van der Waals surface area (Å²) >= 11 is 0.